The highest BCUT2D eigenvalue weighted by Gasteiger charge is 2.35. The van der Waals surface area contributed by atoms with Crippen LogP contribution in [0.15, 0.2) is 47.2 Å². The van der Waals surface area contributed by atoms with Crippen LogP contribution in [0, 0.1) is 5.82 Å². The zero-order valence-electron chi connectivity index (χ0n) is 15.8. The number of amides is 2. The highest BCUT2D eigenvalue weighted by atomic mass is 79.9. The lowest BCUT2D eigenvalue weighted by atomic mass is 9.94. The fourth-order valence-corrected chi connectivity index (χ4v) is 4.10. The first-order valence-electron chi connectivity index (χ1n) is 9.54. The molecule has 0 radical (unpaired) electrons. The number of nitrogens with zero attached hydrogens (tertiary/aromatic N) is 2. The maximum Gasteiger partial charge on any atom is 0.248 e. The van der Waals surface area contributed by atoms with Gasteiger partial charge in [-0.05, 0) is 37.1 Å². The molecule has 0 spiro atoms. The van der Waals surface area contributed by atoms with Crippen LogP contribution in [-0.4, -0.2) is 28.7 Å². The van der Waals surface area contributed by atoms with Crippen LogP contribution in [0.4, 0.5) is 10.1 Å². The molecular formula is C21H22BrClFN3O2. The molecule has 2 aromatic rings. The Labute approximate surface area is 182 Å². The molecule has 154 valence electrons. The number of halogens is 3. The number of rotatable bonds is 6. The van der Waals surface area contributed by atoms with E-state index < -0.39 is 17.8 Å². The summed E-state index contributed by atoms with van der Waals surface area (Å²) in [5.41, 5.74) is 0.480. The van der Waals surface area contributed by atoms with Gasteiger partial charge in [0.05, 0.1) is 5.69 Å². The summed E-state index contributed by atoms with van der Waals surface area (Å²) < 4.78 is 15.3. The molecule has 1 fully saturated rings. The van der Waals surface area contributed by atoms with Crippen molar-refractivity contribution in [1.82, 2.24) is 10.3 Å². The van der Waals surface area contributed by atoms with Crippen LogP contribution < -0.4 is 10.2 Å². The molecule has 1 aromatic heterocycles. The molecule has 1 aliphatic carbocycles. The van der Waals surface area contributed by atoms with Crippen molar-refractivity contribution in [3.05, 3.63) is 58.6 Å². The van der Waals surface area contributed by atoms with Gasteiger partial charge < -0.3 is 5.32 Å². The van der Waals surface area contributed by atoms with Gasteiger partial charge in [0.1, 0.15) is 17.7 Å². The molecule has 0 saturated heterocycles. The number of carbonyl (C=O) groups is 2. The summed E-state index contributed by atoms with van der Waals surface area (Å²) in [6.07, 6.45) is 8.12. The van der Waals surface area contributed by atoms with Crippen molar-refractivity contribution in [2.45, 2.75) is 44.2 Å². The van der Waals surface area contributed by atoms with E-state index in [-0.39, 0.29) is 23.5 Å². The van der Waals surface area contributed by atoms with E-state index in [4.69, 9.17) is 11.6 Å². The first kappa shape index (κ1) is 21.7. The Balaban J connectivity index is 2.03. The summed E-state index contributed by atoms with van der Waals surface area (Å²) in [4.78, 5) is 31.3. The molecule has 2 amide bonds. The Morgan fingerprint density at radius 1 is 1.28 bits per heavy atom. The van der Waals surface area contributed by atoms with Crippen molar-refractivity contribution in [1.29, 1.82) is 0 Å². The number of hydrogen-bond acceptors (Lipinski definition) is 3. The largest absolute Gasteiger partial charge is 0.351 e. The van der Waals surface area contributed by atoms with Crippen LogP contribution in [0.25, 0.3) is 0 Å². The molecule has 1 unspecified atom stereocenters. The summed E-state index contributed by atoms with van der Waals surface area (Å²) >= 11 is 9.06. The topological polar surface area (TPSA) is 62.3 Å². The highest BCUT2D eigenvalue weighted by molar-refractivity contribution is 9.10. The Kier molecular flexibility index (Phi) is 7.61. The molecular weight excluding hydrogens is 461 g/mol. The molecule has 29 heavy (non-hydrogen) atoms. The second kappa shape index (κ2) is 10.2. The van der Waals surface area contributed by atoms with Crippen molar-refractivity contribution < 1.29 is 14.0 Å². The third kappa shape index (κ3) is 5.34. The number of aromatic nitrogens is 1. The highest BCUT2D eigenvalue weighted by Crippen LogP contribution is 2.32. The maximum absolute atomic E-state index is 14.8. The van der Waals surface area contributed by atoms with Gasteiger partial charge in [0, 0.05) is 28.5 Å². The van der Waals surface area contributed by atoms with Crippen LogP contribution in [-0.2, 0) is 9.59 Å². The lowest BCUT2D eigenvalue weighted by Gasteiger charge is -2.33. The maximum atomic E-state index is 14.8. The van der Waals surface area contributed by atoms with E-state index in [1.807, 2.05) is 0 Å². The Morgan fingerprint density at radius 2 is 2.03 bits per heavy atom. The Bertz CT molecular complexity index is 862. The smallest absolute Gasteiger partial charge is 0.248 e. The molecule has 1 atom stereocenters. The van der Waals surface area contributed by atoms with Crippen molar-refractivity contribution >= 4 is 45.0 Å². The summed E-state index contributed by atoms with van der Waals surface area (Å²) in [6.45, 7) is 0. The lowest BCUT2D eigenvalue weighted by molar-refractivity contribution is -0.126. The van der Waals surface area contributed by atoms with E-state index >= 15 is 0 Å². The molecule has 5 nitrogen and oxygen atoms in total. The minimum absolute atomic E-state index is 0.00787. The van der Waals surface area contributed by atoms with Gasteiger partial charge in [-0.3, -0.25) is 19.5 Å². The SMILES string of the molecule is O=C(NC1CCCCC1)C(c1cccnc1)N(C(=O)CCl)c1ccc(Br)cc1F. The third-order valence-corrected chi connectivity index (χ3v) is 5.73. The monoisotopic (exact) mass is 481 g/mol. The third-order valence-electron chi connectivity index (χ3n) is 5.01. The van der Waals surface area contributed by atoms with Gasteiger partial charge >= 0.3 is 0 Å². The van der Waals surface area contributed by atoms with Gasteiger partial charge in [-0.25, -0.2) is 4.39 Å². The fourth-order valence-electron chi connectivity index (χ4n) is 3.64. The van der Waals surface area contributed by atoms with Gasteiger partial charge in [0.2, 0.25) is 11.8 Å². The van der Waals surface area contributed by atoms with E-state index in [1.54, 1.807) is 24.4 Å². The number of carbonyl (C=O) groups excluding carboxylic acids is 2. The van der Waals surface area contributed by atoms with Gasteiger partial charge in [-0.1, -0.05) is 41.3 Å². The second-order valence-corrected chi connectivity index (χ2v) is 8.21. The molecule has 0 aliphatic heterocycles. The van der Waals surface area contributed by atoms with Crippen molar-refractivity contribution in [3.63, 3.8) is 0 Å². The van der Waals surface area contributed by atoms with Gasteiger partial charge in [-0.15, -0.1) is 11.6 Å². The predicted octanol–water partition coefficient (Wildman–Crippen LogP) is 4.75. The molecule has 1 saturated carbocycles. The van der Waals surface area contributed by atoms with Crippen LogP contribution in [0.5, 0.6) is 0 Å². The zero-order chi connectivity index (χ0) is 20.8. The fraction of sp³-hybridized carbons (Fsp3) is 0.381. The summed E-state index contributed by atoms with van der Waals surface area (Å²) in [5, 5.41) is 3.04. The van der Waals surface area contributed by atoms with Crippen LogP contribution in [0.3, 0.4) is 0 Å². The quantitative estimate of drug-likeness (QED) is 0.605. The summed E-state index contributed by atoms with van der Waals surface area (Å²) in [6, 6.07) is 6.67. The average molecular weight is 483 g/mol. The summed E-state index contributed by atoms with van der Waals surface area (Å²) in [5.74, 6) is -1.95. The Morgan fingerprint density at radius 3 is 2.66 bits per heavy atom. The molecule has 1 N–H and O–H groups in total. The molecule has 1 aromatic carbocycles. The number of nitrogens with one attached hydrogen (secondary N) is 1. The number of benzene rings is 1. The normalized spacial score (nSPS) is 15.6. The van der Waals surface area contributed by atoms with Crippen molar-refractivity contribution in [3.8, 4) is 0 Å². The summed E-state index contributed by atoms with van der Waals surface area (Å²) in [7, 11) is 0. The van der Waals surface area contributed by atoms with E-state index in [0.29, 0.717) is 10.0 Å². The zero-order valence-corrected chi connectivity index (χ0v) is 18.1. The van der Waals surface area contributed by atoms with E-state index in [0.717, 1.165) is 37.0 Å². The number of pyridine rings is 1. The molecule has 1 aliphatic rings. The average Bonchev–Trinajstić information content (AvgIpc) is 2.73. The predicted molar refractivity (Wildman–Crippen MR) is 114 cm³/mol. The number of alkyl halides is 1. The first-order chi connectivity index (χ1) is 14.0. The van der Waals surface area contributed by atoms with Crippen LogP contribution in [0.2, 0.25) is 0 Å². The molecule has 8 heteroatoms. The van der Waals surface area contributed by atoms with Crippen LogP contribution >= 0.6 is 27.5 Å². The van der Waals surface area contributed by atoms with E-state index in [9.17, 15) is 14.0 Å². The van der Waals surface area contributed by atoms with Crippen LogP contribution in [0.1, 0.15) is 43.7 Å². The van der Waals surface area contributed by atoms with Crippen molar-refractivity contribution in [2.75, 3.05) is 10.8 Å². The van der Waals surface area contributed by atoms with E-state index in [1.165, 1.54) is 18.3 Å². The standard InChI is InChI=1S/C21H22BrClFN3O2/c22-15-8-9-18(17(24)11-15)27(19(28)12-23)20(14-5-4-10-25-13-14)21(29)26-16-6-2-1-3-7-16/h4-5,8-11,13,16,20H,1-3,6-7,12H2,(H,26,29). The van der Waals surface area contributed by atoms with Gasteiger partial charge in [0.15, 0.2) is 0 Å². The molecule has 0 bridgehead atoms. The second-order valence-electron chi connectivity index (χ2n) is 7.03. The van der Waals surface area contributed by atoms with Crippen molar-refractivity contribution in [2.24, 2.45) is 0 Å². The Hall–Kier alpha value is -1.99. The molecule has 1 heterocycles. The van der Waals surface area contributed by atoms with Gasteiger partial charge in [0.25, 0.3) is 0 Å². The number of anilines is 1. The minimum Gasteiger partial charge on any atom is -0.351 e. The first-order valence-corrected chi connectivity index (χ1v) is 10.9. The van der Waals surface area contributed by atoms with E-state index in [2.05, 4.69) is 26.2 Å². The number of hydrogen-bond donors (Lipinski definition) is 1. The lowest BCUT2D eigenvalue weighted by Crippen LogP contribution is -2.48. The minimum atomic E-state index is -1.08. The molecule has 3 rings (SSSR count). The van der Waals surface area contributed by atoms with Gasteiger partial charge in [-0.2, -0.15) is 0 Å².